The summed E-state index contributed by atoms with van der Waals surface area (Å²) < 4.78 is 4.09. The van der Waals surface area contributed by atoms with E-state index in [2.05, 4.69) is 52.0 Å². The number of nitrogens with zero attached hydrogens (tertiary/aromatic N) is 6. The fourth-order valence-corrected chi connectivity index (χ4v) is 2.59. The second-order valence-corrected chi connectivity index (χ2v) is 6.29. The van der Waals surface area contributed by atoms with E-state index in [0.29, 0.717) is 11.8 Å². The van der Waals surface area contributed by atoms with Crippen molar-refractivity contribution < 1.29 is 0 Å². The van der Waals surface area contributed by atoms with Gasteiger partial charge in [0.15, 0.2) is 0 Å². The summed E-state index contributed by atoms with van der Waals surface area (Å²) in [5.74, 6) is 3.05. The molecule has 4 heterocycles. The highest BCUT2D eigenvalue weighted by Gasteiger charge is 2.06. The zero-order valence-corrected chi connectivity index (χ0v) is 14.5. The molecule has 0 fully saturated rings. The lowest BCUT2D eigenvalue weighted by Gasteiger charge is -2.02. The lowest BCUT2D eigenvalue weighted by Crippen LogP contribution is -1.96. The van der Waals surface area contributed by atoms with E-state index in [1.807, 2.05) is 35.3 Å². The SMILES string of the molecule is CC(C)c1ncc2ccncn12.CC(C)c1ncc2cnccn12. The van der Waals surface area contributed by atoms with Gasteiger partial charge in [-0.3, -0.25) is 9.38 Å². The van der Waals surface area contributed by atoms with Crippen molar-refractivity contribution in [2.75, 3.05) is 0 Å². The van der Waals surface area contributed by atoms with Crippen LogP contribution in [0, 0.1) is 0 Å². The number of rotatable bonds is 2. The van der Waals surface area contributed by atoms with Crippen molar-refractivity contribution in [2.24, 2.45) is 0 Å². The standard InChI is InChI=1S/2C9H11N3/c1-7(2)9-11-6-8-5-10-3-4-12(8)9;1-7(2)9-11-5-8-3-4-10-6-12(8)9/h2*3-7H,1-2H3. The van der Waals surface area contributed by atoms with Crippen molar-refractivity contribution in [1.82, 2.24) is 28.7 Å². The molecular formula is C18H22N6. The Labute approximate surface area is 141 Å². The zero-order valence-electron chi connectivity index (χ0n) is 14.5. The molecule has 0 atom stereocenters. The Hall–Kier alpha value is -2.76. The smallest absolute Gasteiger partial charge is 0.116 e. The summed E-state index contributed by atoms with van der Waals surface area (Å²) in [4.78, 5) is 16.7. The largest absolute Gasteiger partial charge is 0.300 e. The molecule has 0 aliphatic heterocycles. The van der Waals surface area contributed by atoms with Crippen molar-refractivity contribution in [2.45, 2.75) is 39.5 Å². The Morgan fingerprint density at radius 3 is 2.12 bits per heavy atom. The second-order valence-electron chi connectivity index (χ2n) is 6.29. The predicted molar refractivity (Wildman–Crippen MR) is 94.2 cm³/mol. The van der Waals surface area contributed by atoms with Crippen LogP contribution in [-0.2, 0) is 0 Å². The van der Waals surface area contributed by atoms with Crippen LogP contribution in [0.25, 0.3) is 11.0 Å². The number of imidazole rings is 2. The first-order valence-electron chi connectivity index (χ1n) is 8.12. The van der Waals surface area contributed by atoms with E-state index in [1.165, 1.54) is 0 Å². The number of fused-ring (bicyclic) bond motifs is 2. The van der Waals surface area contributed by atoms with Gasteiger partial charge in [0.1, 0.15) is 18.0 Å². The summed E-state index contributed by atoms with van der Waals surface area (Å²) in [6, 6.07) is 1.96. The minimum Gasteiger partial charge on any atom is -0.300 e. The van der Waals surface area contributed by atoms with Crippen LogP contribution in [0.4, 0.5) is 0 Å². The van der Waals surface area contributed by atoms with Crippen molar-refractivity contribution >= 4 is 11.0 Å². The van der Waals surface area contributed by atoms with Crippen molar-refractivity contribution in [3.8, 4) is 0 Å². The number of aromatic nitrogens is 6. The van der Waals surface area contributed by atoms with Crippen LogP contribution >= 0.6 is 0 Å². The molecule has 6 heteroatoms. The third-order valence-corrected chi connectivity index (χ3v) is 3.76. The molecule has 124 valence electrons. The molecule has 0 aliphatic rings. The molecule has 0 unspecified atom stereocenters. The van der Waals surface area contributed by atoms with Gasteiger partial charge in [0.2, 0.25) is 0 Å². The Morgan fingerprint density at radius 2 is 1.42 bits per heavy atom. The maximum Gasteiger partial charge on any atom is 0.116 e. The number of hydrogen-bond acceptors (Lipinski definition) is 4. The summed E-state index contributed by atoms with van der Waals surface area (Å²) >= 11 is 0. The second kappa shape index (κ2) is 6.78. The van der Waals surface area contributed by atoms with Crippen LogP contribution in [0.5, 0.6) is 0 Å². The van der Waals surface area contributed by atoms with Gasteiger partial charge in [-0.05, 0) is 6.07 Å². The average molecular weight is 322 g/mol. The van der Waals surface area contributed by atoms with Gasteiger partial charge in [-0.25, -0.2) is 15.0 Å². The molecule has 6 nitrogen and oxygen atoms in total. The fourth-order valence-electron chi connectivity index (χ4n) is 2.59. The highest BCUT2D eigenvalue weighted by atomic mass is 15.0. The van der Waals surface area contributed by atoms with E-state index in [1.54, 1.807) is 18.7 Å². The Bertz CT molecular complexity index is 857. The fraction of sp³-hybridized carbons (Fsp3) is 0.333. The van der Waals surface area contributed by atoms with Gasteiger partial charge < -0.3 is 4.40 Å². The molecule has 0 aromatic carbocycles. The molecule has 4 aromatic heterocycles. The number of hydrogen-bond donors (Lipinski definition) is 0. The summed E-state index contributed by atoms with van der Waals surface area (Å²) in [7, 11) is 0. The van der Waals surface area contributed by atoms with Gasteiger partial charge >= 0.3 is 0 Å². The van der Waals surface area contributed by atoms with Gasteiger partial charge in [0.25, 0.3) is 0 Å². The molecule has 0 spiro atoms. The van der Waals surface area contributed by atoms with Crippen LogP contribution in [0.15, 0.2) is 49.6 Å². The van der Waals surface area contributed by atoms with E-state index >= 15 is 0 Å². The molecular weight excluding hydrogens is 300 g/mol. The van der Waals surface area contributed by atoms with Crippen molar-refractivity contribution in [3.05, 3.63) is 61.2 Å². The molecule has 0 bridgehead atoms. The molecule has 24 heavy (non-hydrogen) atoms. The van der Waals surface area contributed by atoms with Gasteiger partial charge in [-0.15, -0.1) is 0 Å². The van der Waals surface area contributed by atoms with E-state index in [9.17, 15) is 0 Å². The molecule has 0 radical (unpaired) electrons. The predicted octanol–water partition coefficient (Wildman–Crippen LogP) is 3.71. The first-order chi connectivity index (χ1) is 11.6. The highest BCUT2D eigenvalue weighted by molar-refractivity contribution is 5.44. The third-order valence-electron chi connectivity index (χ3n) is 3.76. The van der Waals surface area contributed by atoms with Crippen LogP contribution in [-0.4, -0.2) is 28.7 Å². The van der Waals surface area contributed by atoms with Gasteiger partial charge in [-0.1, -0.05) is 27.7 Å². The highest BCUT2D eigenvalue weighted by Crippen LogP contribution is 2.14. The van der Waals surface area contributed by atoms with E-state index in [0.717, 1.165) is 22.7 Å². The lowest BCUT2D eigenvalue weighted by molar-refractivity contribution is 0.764. The molecule has 4 rings (SSSR count). The van der Waals surface area contributed by atoms with Crippen LogP contribution < -0.4 is 0 Å². The van der Waals surface area contributed by atoms with Gasteiger partial charge in [0.05, 0.1) is 29.6 Å². The first-order valence-corrected chi connectivity index (χ1v) is 8.12. The van der Waals surface area contributed by atoms with Crippen LogP contribution in [0.1, 0.15) is 51.2 Å². The molecule has 0 N–H and O–H groups in total. The van der Waals surface area contributed by atoms with Gasteiger partial charge in [0, 0.05) is 30.4 Å². The summed E-state index contributed by atoms with van der Waals surface area (Å²) in [5.41, 5.74) is 2.16. The normalized spacial score (nSPS) is 11.2. The Balaban J connectivity index is 0.000000141. The van der Waals surface area contributed by atoms with Crippen molar-refractivity contribution in [3.63, 3.8) is 0 Å². The summed E-state index contributed by atoms with van der Waals surface area (Å²) in [6.45, 7) is 8.52. The Kier molecular flexibility index (Phi) is 4.55. The first kappa shape index (κ1) is 16.1. The third kappa shape index (κ3) is 3.13. The van der Waals surface area contributed by atoms with E-state index in [4.69, 9.17) is 0 Å². The molecule has 0 aliphatic carbocycles. The maximum absolute atomic E-state index is 4.32. The molecule has 0 saturated carbocycles. The lowest BCUT2D eigenvalue weighted by atomic mass is 10.2. The quantitative estimate of drug-likeness (QED) is 0.564. The average Bonchev–Trinajstić information content (AvgIpc) is 3.19. The maximum atomic E-state index is 4.32. The van der Waals surface area contributed by atoms with E-state index < -0.39 is 0 Å². The molecule has 0 amide bonds. The summed E-state index contributed by atoms with van der Waals surface area (Å²) in [5, 5.41) is 0. The van der Waals surface area contributed by atoms with Gasteiger partial charge in [-0.2, -0.15) is 0 Å². The monoisotopic (exact) mass is 322 g/mol. The van der Waals surface area contributed by atoms with Crippen LogP contribution in [0.3, 0.4) is 0 Å². The molecule has 4 aromatic rings. The zero-order chi connectivity index (χ0) is 17.1. The van der Waals surface area contributed by atoms with Crippen molar-refractivity contribution in [1.29, 1.82) is 0 Å². The Morgan fingerprint density at radius 1 is 0.750 bits per heavy atom. The topological polar surface area (TPSA) is 60.4 Å². The minimum atomic E-state index is 0.441. The van der Waals surface area contributed by atoms with E-state index in [-0.39, 0.29) is 0 Å². The molecule has 0 saturated heterocycles. The summed E-state index contributed by atoms with van der Waals surface area (Å²) in [6.07, 6.45) is 12.8. The van der Waals surface area contributed by atoms with Crippen LogP contribution in [0.2, 0.25) is 0 Å². The minimum absolute atomic E-state index is 0.441.